The Bertz CT molecular complexity index is 389. The van der Waals surface area contributed by atoms with Crippen LogP contribution in [0.5, 0.6) is 11.5 Å². The summed E-state index contributed by atoms with van der Waals surface area (Å²) in [5.74, 6) is 2.23. The number of hydrogen-bond acceptors (Lipinski definition) is 4. The highest BCUT2D eigenvalue weighted by Gasteiger charge is 2.15. The summed E-state index contributed by atoms with van der Waals surface area (Å²) in [7, 11) is 3.61. The van der Waals surface area contributed by atoms with Gasteiger partial charge in [0.15, 0.2) is 11.5 Å². The first-order valence-corrected chi connectivity index (χ1v) is 6.85. The molecule has 1 fully saturated rings. The summed E-state index contributed by atoms with van der Waals surface area (Å²) < 4.78 is 16.6. The third-order valence-electron chi connectivity index (χ3n) is 3.42. The predicted octanol–water partition coefficient (Wildman–Crippen LogP) is 2.22. The molecular weight excluding hydrogens is 242 g/mol. The second-order valence-corrected chi connectivity index (χ2v) is 4.88. The summed E-state index contributed by atoms with van der Waals surface area (Å²) in [6.45, 7) is 3.28. The molecule has 0 amide bonds. The fraction of sp³-hybridized carbons (Fsp3) is 0.600. The van der Waals surface area contributed by atoms with E-state index < -0.39 is 0 Å². The molecule has 0 atom stereocenters. The Balaban J connectivity index is 1.94. The predicted molar refractivity (Wildman–Crippen MR) is 74.8 cm³/mol. The molecule has 1 aromatic carbocycles. The van der Waals surface area contributed by atoms with Crippen LogP contribution >= 0.6 is 0 Å². The number of ether oxygens (including phenoxy) is 3. The van der Waals surface area contributed by atoms with Crippen LogP contribution in [0.25, 0.3) is 0 Å². The van der Waals surface area contributed by atoms with Gasteiger partial charge in [-0.15, -0.1) is 0 Å². The second-order valence-electron chi connectivity index (χ2n) is 4.88. The summed E-state index contributed by atoms with van der Waals surface area (Å²) in [6, 6.07) is 6.08. The molecule has 1 heterocycles. The molecular formula is C15H23NO3. The molecule has 1 N–H and O–H groups in total. The molecule has 0 saturated carbocycles. The molecule has 4 heteroatoms. The SMILES string of the molecule is CNCc1ccc(OCC2CCOCC2)c(OC)c1. The highest BCUT2D eigenvalue weighted by atomic mass is 16.5. The molecule has 0 unspecified atom stereocenters. The molecule has 0 spiro atoms. The average Bonchev–Trinajstić information content (AvgIpc) is 2.47. The van der Waals surface area contributed by atoms with E-state index in [4.69, 9.17) is 14.2 Å². The topological polar surface area (TPSA) is 39.7 Å². The van der Waals surface area contributed by atoms with Gasteiger partial charge in [-0.2, -0.15) is 0 Å². The van der Waals surface area contributed by atoms with E-state index in [0.717, 1.165) is 50.7 Å². The lowest BCUT2D eigenvalue weighted by Crippen LogP contribution is -2.21. The maximum Gasteiger partial charge on any atom is 0.161 e. The minimum absolute atomic E-state index is 0.593. The zero-order chi connectivity index (χ0) is 13.5. The summed E-state index contributed by atoms with van der Waals surface area (Å²) in [6.07, 6.45) is 2.17. The molecule has 0 radical (unpaired) electrons. The smallest absolute Gasteiger partial charge is 0.161 e. The first-order chi connectivity index (χ1) is 9.33. The van der Waals surface area contributed by atoms with Gasteiger partial charge in [0.2, 0.25) is 0 Å². The van der Waals surface area contributed by atoms with Crippen molar-refractivity contribution in [1.29, 1.82) is 0 Å². The quantitative estimate of drug-likeness (QED) is 0.856. The highest BCUT2D eigenvalue weighted by Crippen LogP contribution is 2.29. The van der Waals surface area contributed by atoms with Crippen molar-refractivity contribution < 1.29 is 14.2 Å². The minimum atomic E-state index is 0.593. The van der Waals surface area contributed by atoms with Crippen molar-refractivity contribution >= 4 is 0 Å². The summed E-state index contributed by atoms with van der Waals surface area (Å²) in [5.41, 5.74) is 1.19. The maximum absolute atomic E-state index is 5.90. The second kappa shape index (κ2) is 7.36. The Morgan fingerprint density at radius 2 is 2.05 bits per heavy atom. The Morgan fingerprint density at radius 3 is 2.74 bits per heavy atom. The van der Waals surface area contributed by atoms with E-state index in [1.807, 2.05) is 19.2 Å². The average molecular weight is 265 g/mol. The molecule has 1 saturated heterocycles. The number of hydrogen-bond donors (Lipinski definition) is 1. The molecule has 1 aliphatic heterocycles. The lowest BCUT2D eigenvalue weighted by atomic mass is 10.0. The molecule has 0 aliphatic carbocycles. The first kappa shape index (κ1) is 14.2. The van der Waals surface area contributed by atoms with Crippen LogP contribution in [0.2, 0.25) is 0 Å². The van der Waals surface area contributed by atoms with Crippen LogP contribution in [0.3, 0.4) is 0 Å². The van der Waals surface area contributed by atoms with Crippen molar-refractivity contribution in [3.05, 3.63) is 23.8 Å². The fourth-order valence-electron chi connectivity index (χ4n) is 2.27. The van der Waals surface area contributed by atoms with Gasteiger partial charge in [-0.05, 0) is 43.5 Å². The molecule has 1 aromatic rings. The Hall–Kier alpha value is -1.26. The Morgan fingerprint density at radius 1 is 1.26 bits per heavy atom. The lowest BCUT2D eigenvalue weighted by Gasteiger charge is -2.22. The van der Waals surface area contributed by atoms with Gasteiger partial charge in [0.05, 0.1) is 13.7 Å². The van der Waals surface area contributed by atoms with Gasteiger partial charge in [0.1, 0.15) is 0 Å². The van der Waals surface area contributed by atoms with Gasteiger partial charge in [-0.1, -0.05) is 6.07 Å². The fourth-order valence-corrected chi connectivity index (χ4v) is 2.27. The van der Waals surface area contributed by atoms with Gasteiger partial charge in [0, 0.05) is 19.8 Å². The zero-order valence-corrected chi connectivity index (χ0v) is 11.8. The number of nitrogens with one attached hydrogen (secondary N) is 1. The molecule has 1 aliphatic rings. The van der Waals surface area contributed by atoms with Crippen molar-refractivity contribution in [2.45, 2.75) is 19.4 Å². The van der Waals surface area contributed by atoms with Crippen LogP contribution in [-0.2, 0) is 11.3 Å². The highest BCUT2D eigenvalue weighted by molar-refractivity contribution is 5.42. The first-order valence-electron chi connectivity index (χ1n) is 6.85. The standard InChI is InChI=1S/C15H23NO3/c1-16-10-13-3-4-14(15(9-13)17-2)19-11-12-5-7-18-8-6-12/h3-4,9,12,16H,5-8,10-11H2,1-2H3. The van der Waals surface area contributed by atoms with E-state index in [1.165, 1.54) is 5.56 Å². The number of methoxy groups -OCH3 is 1. The van der Waals surface area contributed by atoms with Gasteiger partial charge in [0.25, 0.3) is 0 Å². The zero-order valence-electron chi connectivity index (χ0n) is 11.8. The largest absolute Gasteiger partial charge is 0.493 e. The Labute approximate surface area is 115 Å². The van der Waals surface area contributed by atoms with E-state index in [-0.39, 0.29) is 0 Å². The van der Waals surface area contributed by atoms with Crippen molar-refractivity contribution in [2.24, 2.45) is 5.92 Å². The third-order valence-corrected chi connectivity index (χ3v) is 3.42. The van der Waals surface area contributed by atoms with Gasteiger partial charge < -0.3 is 19.5 Å². The minimum Gasteiger partial charge on any atom is -0.493 e. The van der Waals surface area contributed by atoms with Gasteiger partial charge in [-0.25, -0.2) is 0 Å². The summed E-state index contributed by atoms with van der Waals surface area (Å²) in [4.78, 5) is 0. The van der Waals surface area contributed by atoms with E-state index in [0.29, 0.717) is 5.92 Å². The molecule has 0 aromatic heterocycles. The van der Waals surface area contributed by atoms with Crippen LogP contribution in [0.4, 0.5) is 0 Å². The van der Waals surface area contributed by atoms with Crippen LogP contribution in [0.1, 0.15) is 18.4 Å². The van der Waals surface area contributed by atoms with Gasteiger partial charge >= 0.3 is 0 Å². The maximum atomic E-state index is 5.90. The summed E-state index contributed by atoms with van der Waals surface area (Å²) >= 11 is 0. The van der Waals surface area contributed by atoms with E-state index in [9.17, 15) is 0 Å². The molecule has 0 bridgehead atoms. The monoisotopic (exact) mass is 265 g/mol. The van der Waals surface area contributed by atoms with Crippen LogP contribution in [0, 0.1) is 5.92 Å². The number of benzene rings is 1. The third kappa shape index (κ3) is 4.11. The summed E-state index contributed by atoms with van der Waals surface area (Å²) in [5, 5.41) is 3.13. The van der Waals surface area contributed by atoms with Crippen LogP contribution in [-0.4, -0.2) is 34.0 Å². The van der Waals surface area contributed by atoms with Crippen molar-refractivity contribution in [1.82, 2.24) is 5.32 Å². The van der Waals surface area contributed by atoms with Crippen molar-refractivity contribution in [3.63, 3.8) is 0 Å². The van der Waals surface area contributed by atoms with Crippen molar-refractivity contribution in [3.8, 4) is 11.5 Å². The van der Waals surface area contributed by atoms with E-state index >= 15 is 0 Å². The number of rotatable bonds is 6. The molecule has 106 valence electrons. The van der Waals surface area contributed by atoms with Crippen LogP contribution < -0.4 is 14.8 Å². The molecule has 4 nitrogen and oxygen atoms in total. The molecule has 19 heavy (non-hydrogen) atoms. The lowest BCUT2D eigenvalue weighted by molar-refractivity contribution is 0.0493. The van der Waals surface area contributed by atoms with Crippen LogP contribution in [0.15, 0.2) is 18.2 Å². The van der Waals surface area contributed by atoms with Gasteiger partial charge in [-0.3, -0.25) is 0 Å². The molecule has 2 rings (SSSR count). The van der Waals surface area contributed by atoms with E-state index in [2.05, 4.69) is 11.4 Å². The van der Waals surface area contributed by atoms with E-state index in [1.54, 1.807) is 7.11 Å². The normalized spacial score (nSPS) is 16.3. The van der Waals surface area contributed by atoms with Crippen molar-refractivity contribution in [2.75, 3.05) is 34.0 Å². The Kier molecular flexibility index (Phi) is 5.48.